The molecule has 0 saturated heterocycles. The van der Waals surface area contributed by atoms with E-state index in [1.807, 2.05) is 0 Å². The Morgan fingerprint density at radius 3 is 2.28 bits per heavy atom. The molecule has 0 aromatic heterocycles. The SMILES string of the molecule is CCC(C)(C)C(OO)C1CC2CCC1(C)C2(C)C. The van der Waals surface area contributed by atoms with Gasteiger partial charge in [0.2, 0.25) is 0 Å². The molecule has 2 fully saturated rings. The van der Waals surface area contributed by atoms with Crippen molar-refractivity contribution < 1.29 is 10.1 Å². The predicted molar refractivity (Wildman–Crippen MR) is 74.3 cm³/mol. The van der Waals surface area contributed by atoms with Gasteiger partial charge in [0.25, 0.3) is 0 Å². The monoisotopic (exact) mass is 254 g/mol. The molecule has 0 aliphatic heterocycles. The van der Waals surface area contributed by atoms with Gasteiger partial charge in [-0.3, -0.25) is 5.26 Å². The van der Waals surface area contributed by atoms with Gasteiger partial charge in [0.1, 0.15) is 6.10 Å². The quantitative estimate of drug-likeness (QED) is 0.580. The van der Waals surface area contributed by atoms with E-state index in [9.17, 15) is 5.26 Å². The fourth-order valence-electron chi connectivity index (χ4n) is 4.69. The zero-order chi connectivity index (χ0) is 13.8. The highest BCUT2D eigenvalue weighted by atomic mass is 17.1. The molecule has 2 rings (SSSR count). The second-order valence-electron chi connectivity index (χ2n) is 8.09. The fourth-order valence-corrected chi connectivity index (χ4v) is 4.69. The van der Waals surface area contributed by atoms with Crippen molar-refractivity contribution in [1.82, 2.24) is 0 Å². The smallest absolute Gasteiger partial charge is 0.101 e. The van der Waals surface area contributed by atoms with E-state index in [4.69, 9.17) is 4.89 Å². The van der Waals surface area contributed by atoms with E-state index in [0.29, 0.717) is 16.7 Å². The van der Waals surface area contributed by atoms with Crippen LogP contribution < -0.4 is 0 Å². The van der Waals surface area contributed by atoms with Gasteiger partial charge in [0, 0.05) is 0 Å². The summed E-state index contributed by atoms with van der Waals surface area (Å²) in [5.74, 6) is 1.30. The lowest BCUT2D eigenvalue weighted by Crippen LogP contribution is -2.45. The van der Waals surface area contributed by atoms with Crippen LogP contribution >= 0.6 is 0 Å². The van der Waals surface area contributed by atoms with E-state index in [2.05, 4.69) is 41.5 Å². The molecule has 0 amide bonds. The molecule has 1 N–H and O–H groups in total. The Hall–Kier alpha value is -0.0800. The van der Waals surface area contributed by atoms with Crippen LogP contribution in [0.5, 0.6) is 0 Å². The Kier molecular flexibility index (Phi) is 3.35. The van der Waals surface area contributed by atoms with Gasteiger partial charge >= 0.3 is 0 Å². The minimum absolute atomic E-state index is 0.0305. The third kappa shape index (κ3) is 1.68. The molecule has 0 heterocycles. The Bertz CT molecular complexity index is 321. The molecule has 2 heteroatoms. The van der Waals surface area contributed by atoms with Crippen molar-refractivity contribution >= 4 is 0 Å². The van der Waals surface area contributed by atoms with Gasteiger partial charge in [0.15, 0.2) is 0 Å². The summed E-state index contributed by atoms with van der Waals surface area (Å²) in [5, 5.41) is 9.47. The van der Waals surface area contributed by atoms with Gasteiger partial charge in [-0.1, -0.05) is 41.5 Å². The Morgan fingerprint density at radius 1 is 1.33 bits per heavy atom. The summed E-state index contributed by atoms with van der Waals surface area (Å²) in [6.45, 7) is 13.9. The number of hydrogen-bond donors (Lipinski definition) is 1. The second kappa shape index (κ2) is 4.21. The lowest BCUT2D eigenvalue weighted by Gasteiger charge is -2.46. The third-order valence-corrected chi connectivity index (χ3v) is 7.02. The van der Waals surface area contributed by atoms with Crippen molar-refractivity contribution in [1.29, 1.82) is 0 Å². The number of fused-ring (bicyclic) bond motifs is 2. The molecule has 18 heavy (non-hydrogen) atoms. The second-order valence-corrected chi connectivity index (χ2v) is 8.09. The summed E-state index contributed by atoms with van der Waals surface area (Å²) in [5.41, 5.74) is 0.749. The van der Waals surface area contributed by atoms with Gasteiger partial charge in [-0.2, -0.15) is 0 Å². The first-order valence-electron chi connectivity index (χ1n) is 7.51. The van der Waals surface area contributed by atoms with Crippen LogP contribution in [0.3, 0.4) is 0 Å². The summed E-state index contributed by atoms with van der Waals surface area (Å²) >= 11 is 0. The topological polar surface area (TPSA) is 29.5 Å². The van der Waals surface area contributed by atoms with Crippen LogP contribution in [0.25, 0.3) is 0 Å². The molecule has 2 saturated carbocycles. The maximum Gasteiger partial charge on any atom is 0.101 e. The average molecular weight is 254 g/mol. The van der Waals surface area contributed by atoms with Crippen LogP contribution in [0.2, 0.25) is 0 Å². The first-order valence-corrected chi connectivity index (χ1v) is 7.51. The third-order valence-electron chi connectivity index (χ3n) is 7.02. The van der Waals surface area contributed by atoms with Crippen molar-refractivity contribution in [2.24, 2.45) is 28.1 Å². The van der Waals surface area contributed by atoms with E-state index < -0.39 is 0 Å². The zero-order valence-corrected chi connectivity index (χ0v) is 12.9. The van der Waals surface area contributed by atoms with Crippen molar-refractivity contribution in [3.05, 3.63) is 0 Å². The van der Waals surface area contributed by atoms with E-state index in [1.54, 1.807) is 0 Å². The molecular formula is C16H30O2. The molecule has 0 aromatic carbocycles. The first-order chi connectivity index (χ1) is 8.20. The molecule has 0 radical (unpaired) electrons. The number of hydrogen-bond acceptors (Lipinski definition) is 2. The van der Waals surface area contributed by atoms with E-state index in [-0.39, 0.29) is 11.5 Å². The molecular weight excluding hydrogens is 224 g/mol. The summed E-state index contributed by atoms with van der Waals surface area (Å²) in [7, 11) is 0. The van der Waals surface area contributed by atoms with Crippen LogP contribution in [-0.2, 0) is 4.89 Å². The summed E-state index contributed by atoms with van der Waals surface area (Å²) in [4.78, 5) is 5.00. The molecule has 4 atom stereocenters. The van der Waals surface area contributed by atoms with Crippen LogP contribution in [-0.4, -0.2) is 11.4 Å². The van der Waals surface area contributed by atoms with Crippen LogP contribution in [0.15, 0.2) is 0 Å². The standard InChI is InChI=1S/C16H30O2/c1-7-14(2,3)13(18-17)12-10-11-8-9-16(12,6)15(11,4)5/h11-13,17H,7-10H2,1-6H3. The molecule has 0 aromatic rings. The predicted octanol–water partition coefficient (Wildman–Crippen LogP) is 4.74. The zero-order valence-electron chi connectivity index (χ0n) is 12.9. The van der Waals surface area contributed by atoms with E-state index in [1.165, 1.54) is 19.3 Å². The molecule has 2 bridgehead atoms. The van der Waals surface area contributed by atoms with Gasteiger partial charge in [0.05, 0.1) is 0 Å². The molecule has 106 valence electrons. The normalized spacial score (nSPS) is 40.2. The Balaban J connectivity index is 2.31. The minimum atomic E-state index is -0.0305. The van der Waals surface area contributed by atoms with Crippen molar-refractivity contribution in [2.75, 3.05) is 0 Å². The maximum absolute atomic E-state index is 9.47. The lowest BCUT2D eigenvalue weighted by atomic mass is 9.61. The lowest BCUT2D eigenvalue weighted by molar-refractivity contribution is -0.322. The molecule has 4 unspecified atom stereocenters. The average Bonchev–Trinajstić information content (AvgIpc) is 2.62. The molecule has 2 nitrogen and oxygen atoms in total. The highest BCUT2D eigenvalue weighted by Crippen LogP contribution is 2.70. The van der Waals surface area contributed by atoms with Crippen molar-refractivity contribution in [2.45, 2.75) is 73.3 Å². The van der Waals surface area contributed by atoms with Gasteiger partial charge in [-0.05, 0) is 53.8 Å². The highest BCUT2D eigenvalue weighted by molar-refractivity contribution is 5.12. The largest absolute Gasteiger partial charge is 0.252 e. The minimum Gasteiger partial charge on any atom is -0.252 e. The van der Waals surface area contributed by atoms with Crippen LogP contribution in [0, 0.1) is 28.1 Å². The van der Waals surface area contributed by atoms with Crippen LogP contribution in [0.4, 0.5) is 0 Å². The van der Waals surface area contributed by atoms with Gasteiger partial charge < -0.3 is 0 Å². The van der Waals surface area contributed by atoms with Crippen molar-refractivity contribution in [3.63, 3.8) is 0 Å². The number of rotatable bonds is 4. The summed E-state index contributed by atoms with van der Waals surface area (Å²) < 4.78 is 0. The summed E-state index contributed by atoms with van der Waals surface area (Å²) in [6.07, 6.45) is 4.87. The van der Waals surface area contributed by atoms with E-state index >= 15 is 0 Å². The Morgan fingerprint density at radius 2 is 1.94 bits per heavy atom. The van der Waals surface area contributed by atoms with Crippen molar-refractivity contribution in [3.8, 4) is 0 Å². The highest BCUT2D eigenvalue weighted by Gasteiger charge is 2.64. The van der Waals surface area contributed by atoms with Gasteiger partial charge in [-0.15, -0.1) is 0 Å². The summed E-state index contributed by atoms with van der Waals surface area (Å²) in [6, 6.07) is 0. The van der Waals surface area contributed by atoms with Gasteiger partial charge in [-0.25, -0.2) is 4.89 Å². The maximum atomic E-state index is 9.47. The first kappa shape index (κ1) is 14.3. The van der Waals surface area contributed by atoms with Crippen LogP contribution in [0.1, 0.15) is 67.2 Å². The molecule has 2 aliphatic rings. The Labute approximate surface area is 112 Å². The van der Waals surface area contributed by atoms with E-state index in [0.717, 1.165) is 12.3 Å². The molecule has 0 spiro atoms. The fraction of sp³-hybridized carbons (Fsp3) is 1.00. The molecule has 2 aliphatic carbocycles.